The first-order chi connectivity index (χ1) is 13.3. The van der Waals surface area contributed by atoms with E-state index in [9.17, 15) is 25.2 Å². The topological polar surface area (TPSA) is 107 Å². The Hall–Kier alpha value is -3.41. The molecular weight excluding hydrogens is 360 g/mol. The zero-order valence-corrected chi connectivity index (χ0v) is 16.1. The normalized spacial score (nSPS) is 11.8. The first-order valence-electron chi connectivity index (χ1n) is 8.89. The van der Waals surface area contributed by atoms with Crippen molar-refractivity contribution < 1.29 is 30.0 Å². The highest BCUT2D eigenvalue weighted by atomic mass is 16.5. The third kappa shape index (κ3) is 4.65. The smallest absolute Gasteiger partial charge is 0.335 e. The van der Waals surface area contributed by atoms with Gasteiger partial charge in [0.1, 0.15) is 28.8 Å². The average Bonchev–Trinajstić information content (AvgIpc) is 2.63. The molecule has 0 radical (unpaired) electrons. The number of allylic oxidation sites excluding steroid dienone is 4. The van der Waals surface area contributed by atoms with Crippen molar-refractivity contribution in [3.05, 3.63) is 53.6 Å². The molecule has 0 atom stereocenters. The summed E-state index contributed by atoms with van der Waals surface area (Å²) in [6.07, 6.45) is 7.75. The minimum atomic E-state index is -0.638. The minimum Gasteiger partial charge on any atom is -0.507 e. The van der Waals surface area contributed by atoms with Gasteiger partial charge < -0.3 is 25.2 Å². The number of hydrogen-bond donors (Lipinski definition) is 4. The molecule has 28 heavy (non-hydrogen) atoms. The van der Waals surface area contributed by atoms with Crippen LogP contribution in [0.5, 0.6) is 23.0 Å². The second kappa shape index (κ2) is 8.99. The summed E-state index contributed by atoms with van der Waals surface area (Å²) < 4.78 is 5.36. The summed E-state index contributed by atoms with van der Waals surface area (Å²) in [4.78, 5) is 12.1. The maximum Gasteiger partial charge on any atom is 0.335 e. The molecule has 0 aliphatic rings. The summed E-state index contributed by atoms with van der Waals surface area (Å²) in [5.74, 6) is -2.10. The highest BCUT2D eigenvalue weighted by Gasteiger charge is 2.21. The molecule has 6 nitrogen and oxygen atoms in total. The Balaban J connectivity index is 2.63. The number of phenols is 4. The molecule has 0 fully saturated rings. The predicted octanol–water partition coefficient (Wildman–Crippen LogP) is 4.87. The number of esters is 1. The quantitative estimate of drug-likeness (QED) is 0.186. The Morgan fingerprint density at radius 3 is 2.25 bits per heavy atom. The van der Waals surface area contributed by atoms with E-state index in [0.29, 0.717) is 0 Å². The maximum absolute atomic E-state index is 12.1. The van der Waals surface area contributed by atoms with Crippen molar-refractivity contribution in [2.45, 2.75) is 33.6 Å². The van der Waals surface area contributed by atoms with Gasteiger partial charge in [-0.3, -0.25) is 0 Å². The van der Waals surface area contributed by atoms with E-state index < -0.39 is 11.7 Å². The van der Waals surface area contributed by atoms with Crippen molar-refractivity contribution >= 4 is 22.5 Å². The molecule has 2 rings (SSSR count). The Labute approximate surface area is 163 Å². The van der Waals surface area contributed by atoms with Crippen molar-refractivity contribution in [3.63, 3.8) is 0 Å². The first-order valence-corrected chi connectivity index (χ1v) is 8.89. The largest absolute Gasteiger partial charge is 0.507 e. The molecule has 2 aromatic rings. The number of hydrogen-bond acceptors (Lipinski definition) is 6. The molecule has 4 N–H and O–H groups in total. The molecule has 0 amide bonds. The standard InChI is InChI=1S/C22H24O6/c1-4-5-6-7-19(26)28-18(11-8-13(2)3)14-12-17(25)20-15(23)9-10-16(24)21(20)22(14)27/h6-12,23-25,27H,4-5H2,1-3H3/b7-6+,18-11-. The fraction of sp³-hybridized carbons (Fsp3) is 0.227. The number of rotatable bonds is 6. The monoisotopic (exact) mass is 384 g/mol. The van der Waals surface area contributed by atoms with Crippen molar-refractivity contribution in [1.82, 2.24) is 0 Å². The third-order valence-corrected chi connectivity index (χ3v) is 3.94. The van der Waals surface area contributed by atoms with E-state index >= 15 is 0 Å². The molecule has 0 bridgehead atoms. The average molecular weight is 384 g/mol. The molecule has 0 aliphatic heterocycles. The molecule has 0 saturated carbocycles. The molecule has 0 heterocycles. The van der Waals surface area contributed by atoms with Gasteiger partial charge in [0, 0.05) is 6.08 Å². The van der Waals surface area contributed by atoms with Gasteiger partial charge in [0.05, 0.1) is 16.3 Å². The van der Waals surface area contributed by atoms with E-state index in [-0.39, 0.29) is 39.3 Å². The fourth-order valence-corrected chi connectivity index (χ4v) is 2.59. The molecule has 0 unspecified atom stereocenters. The highest BCUT2D eigenvalue weighted by Crippen LogP contribution is 2.46. The fourth-order valence-electron chi connectivity index (χ4n) is 2.59. The van der Waals surface area contributed by atoms with Crippen LogP contribution in [-0.4, -0.2) is 26.4 Å². The number of carbonyl (C=O) groups is 1. The molecule has 0 spiro atoms. The molecule has 6 heteroatoms. The maximum atomic E-state index is 12.1. The summed E-state index contributed by atoms with van der Waals surface area (Å²) in [6.45, 7) is 5.67. The number of phenolic OH excluding ortho intramolecular Hbond substituents is 4. The Morgan fingerprint density at radius 1 is 1.00 bits per heavy atom. The van der Waals surface area contributed by atoms with Gasteiger partial charge in [0.25, 0.3) is 0 Å². The van der Waals surface area contributed by atoms with Crippen molar-refractivity contribution in [3.8, 4) is 23.0 Å². The summed E-state index contributed by atoms with van der Waals surface area (Å²) in [7, 11) is 0. The van der Waals surface area contributed by atoms with Gasteiger partial charge in [-0.15, -0.1) is 0 Å². The molecule has 0 saturated heterocycles. The van der Waals surface area contributed by atoms with Crippen LogP contribution < -0.4 is 0 Å². The van der Waals surface area contributed by atoms with E-state index in [1.165, 1.54) is 30.4 Å². The van der Waals surface area contributed by atoms with Gasteiger partial charge in [-0.2, -0.15) is 0 Å². The summed E-state index contributed by atoms with van der Waals surface area (Å²) in [5, 5.41) is 40.9. The Morgan fingerprint density at radius 2 is 1.64 bits per heavy atom. The summed E-state index contributed by atoms with van der Waals surface area (Å²) in [5.41, 5.74) is 0.917. The number of benzene rings is 2. The van der Waals surface area contributed by atoms with Gasteiger partial charge in [-0.25, -0.2) is 4.79 Å². The van der Waals surface area contributed by atoms with E-state index in [1.54, 1.807) is 12.2 Å². The van der Waals surface area contributed by atoms with Crippen LogP contribution in [0.15, 0.2) is 48.1 Å². The Kier molecular flexibility index (Phi) is 6.71. The second-order valence-electron chi connectivity index (χ2n) is 6.53. The summed E-state index contributed by atoms with van der Waals surface area (Å²) in [6, 6.07) is 3.57. The van der Waals surface area contributed by atoms with Crippen LogP contribution in [0.3, 0.4) is 0 Å². The summed E-state index contributed by atoms with van der Waals surface area (Å²) >= 11 is 0. The van der Waals surface area contributed by atoms with Crippen LogP contribution in [0.1, 0.15) is 39.2 Å². The van der Waals surface area contributed by atoms with Crippen molar-refractivity contribution in [2.24, 2.45) is 0 Å². The lowest BCUT2D eigenvalue weighted by atomic mass is 10.0. The number of fused-ring (bicyclic) bond motifs is 1. The molecule has 2 aromatic carbocycles. The van der Waals surface area contributed by atoms with Crippen LogP contribution in [0.4, 0.5) is 0 Å². The first kappa shape index (κ1) is 20.9. The molecule has 0 aromatic heterocycles. The minimum absolute atomic E-state index is 0.000594. The lowest BCUT2D eigenvalue weighted by Crippen LogP contribution is -2.01. The van der Waals surface area contributed by atoms with Crippen LogP contribution in [0.2, 0.25) is 0 Å². The number of carbonyl (C=O) groups excluding carboxylic acids is 1. The van der Waals surface area contributed by atoms with Crippen molar-refractivity contribution in [2.75, 3.05) is 0 Å². The number of unbranched alkanes of at least 4 members (excludes halogenated alkanes) is 1. The Bertz CT molecular complexity index is 978. The van der Waals surface area contributed by atoms with E-state index in [2.05, 4.69) is 0 Å². The van der Waals surface area contributed by atoms with E-state index in [4.69, 9.17) is 4.74 Å². The SMILES string of the molecule is CCC/C=C/C(=O)O/C(=C\C=C(C)C)c1cc(O)c2c(O)ccc(O)c2c1O. The van der Waals surface area contributed by atoms with E-state index in [0.717, 1.165) is 18.4 Å². The molecule has 0 aliphatic carbocycles. The van der Waals surface area contributed by atoms with Crippen LogP contribution in [0, 0.1) is 0 Å². The molecule has 148 valence electrons. The van der Waals surface area contributed by atoms with Gasteiger partial charge in [-0.05, 0) is 44.5 Å². The number of ether oxygens (including phenoxy) is 1. The van der Waals surface area contributed by atoms with Crippen LogP contribution >= 0.6 is 0 Å². The van der Waals surface area contributed by atoms with Crippen LogP contribution in [0.25, 0.3) is 16.5 Å². The van der Waals surface area contributed by atoms with E-state index in [1.807, 2.05) is 20.8 Å². The van der Waals surface area contributed by atoms with Crippen LogP contribution in [-0.2, 0) is 9.53 Å². The van der Waals surface area contributed by atoms with Gasteiger partial charge in [0.2, 0.25) is 0 Å². The highest BCUT2D eigenvalue weighted by molar-refractivity contribution is 6.04. The molecular formula is C22H24O6. The lowest BCUT2D eigenvalue weighted by molar-refractivity contribution is -0.131. The zero-order valence-electron chi connectivity index (χ0n) is 16.1. The zero-order chi connectivity index (χ0) is 20.8. The predicted molar refractivity (Wildman–Crippen MR) is 108 cm³/mol. The lowest BCUT2D eigenvalue weighted by Gasteiger charge is -2.14. The second-order valence-corrected chi connectivity index (χ2v) is 6.53. The third-order valence-electron chi connectivity index (χ3n) is 3.94. The number of aromatic hydroxyl groups is 4. The van der Waals surface area contributed by atoms with Gasteiger partial charge >= 0.3 is 5.97 Å². The van der Waals surface area contributed by atoms with Gasteiger partial charge in [-0.1, -0.05) is 31.1 Å². The van der Waals surface area contributed by atoms with Crippen molar-refractivity contribution in [1.29, 1.82) is 0 Å². The van der Waals surface area contributed by atoms with Gasteiger partial charge in [0.15, 0.2) is 0 Å².